The molecule has 0 bridgehead atoms. The summed E-state index contributed by atoms with van der Waals surface area (Å²) in [5, 5.41) is 3.05. The average Bonchev–Trinajstić information content (AvgIpc) is 3.08. The minimum absolute atomic E-state index is 0.0243. The number of aryl methyl sites for hydroxylation is 2. The van der Waals surface area contributed by atoms with Crippen molar-refractivity contribution in [2.75, 3.05) is 5.32 Å². The third-order valence-electron chi connectivity index (χ3n) is 4.66. The van der Waals surface area contributed by atoms with Gasteiger partial charge in [-0.25, -0.2) is 4.98 Å². The number of nitrogens with zero attached hydrogens (tertiary/aromatic N) is 2. The first-order valence-corrected chi connectivity index (χ1v) is 9.68. The van der Waals surface area contributed by atoms with E-state index in [1.807, 2.05) is 48.5 Å². The summed E-state index contributed by atoms with van der Waals surface area (Å²) in [5.74, 6) is 1.12. The summed E-state index contributed by atoms with van der Waals surface area (Å²) < 4.78 is 3.25. The number of imidazole rings is 1. The smallest absolute Gasteiger partial charge is 0.228 e. The number of fused-ring (bicyclic) bond motifs is 1. The maximum absolute atomic E-state index is 12.5. The van der Waals surface area contributed by atoms with Gasteiger partial charge in [-0.05, 0) is 36.6 Å². The molecule has 132 valence electrons. The SMILES string of the molecule is O=C(Cc1ccc(Br)cc1)Nc1ccccc1-c1cn2c(n1)CCCC2. The van der Waals surface area contributed by atoms with Gasteiger partial charge in [-0.2, -0.15) is 0 Å². The molecule has 1 amide bonds. The Labute approximate surface area is 161 Å². The fourth-order valence-corrected chi connectivity index (χ4v) is 3.60. The maximum Gasteiger partial charge on any atom is 0.228 e. The van der Waals surface area contributed by atoms with E-state index in [2.05, 4.69) is 32.0 Å². The van der Waals surface area contributed by atoms with Gasteiger partial charge in [0, 0.05) is 29.2 Å². The fraction of sp³-hybridized carbons (Fsp3) is 0.238. The molecule has 2 heterocycles. The van der Waals surface area contributed by atoms with E-state index >= 15 is 0 Å². The van der Waals surface area contributed by atoms with Gasteiger partial charge in [-0.1, -0.05) is 46.3 Å². The van der Waals surface area contributed by atoms with Gasteiger partial charge >= 0.3 is 0 Å². The molecule has 1 aliphatic heterocycles. The summed E-state index contributed by atoms with van der Waals surface area (Å²) in [6.45, 7) is 1.03. The Hall–Kier alpha value is -2.40. The number of para-hydroxylation sites is 1. The summed E-state index contributed by atoms with van der Waals surface area (Å²) >= 11 is 3.42. The first-order valence-electron chi connectivity index (χ1n) is 8.89. The third-order valence-corrected chi connectivity index (χ3v) is 5.19. The van der Waals surface area contributed by atoms with Gasteiger partial charge in [0.1, 0.15) is 5.82 Å². The maximum atomic E-state index is 12.5. The first-order chi connectivity index (χ1) is 12.7. The van der Waals surface area contributed by atoms with Gasteiger partial charge < -0.3 is 9.88 Å². The van der Waals surface area contributed by atoms with E-state index in [9.17, 15) is 4.79 Å². The van der Waals surface area contributed by atoms with Crippen LogP contribution in [0, 0.1) is 0 Å². The molecule has 4 nitrogen and oxygen atoms in total. The molecule has 4 rings (SSSR count). The van der Waals surface area contributed by atoms with Crippen LogP contribution >= 0.6 is 15.9 Å². The van der Waals surface area contributed by atoms with Gasteiger partial charge in [0.25, 0.3) is 0 Å². The van der Waals surface area contributed by atoms with Crippen LogP contribution in [-0.2, 0) is 24.2 Å². The molecule has 0 saturated carbocycles. The normalized spacial score (nSPS) is 13.3. The number of carbonyl (C=O) groups is 1. The minimum Gasteiger partial charge on any atom is -0.334 e. The second-order valence-corrected chi connectivity index (χ2v) is 7.51. The van der Waals surface area contributed by atoms with Crippen LogP contribution in [0.25, 0.3) is 11.3 Å². The zero-order valence-electron chi connectivity index (χ0n) is 14.4. The van der Waals surface area contributed by atoms with Crippen LogP contribution in [-0.4, -0.2) is 15.5 Å². The van der Waals surface area contributed by atoms with Crippen LogP contribution in [0.5, 0.6) is 0 Å². The van der Waals surface area contributed by atoms with Gasteiger partial charge in [-0.3, -0.25) is 4.79 Å². The number of hydrogen-bond acceptors (Lipinski definition) is 2. The van der Waals surface area contributed by atoms with Gasteiger partial charge in [0.2, 0.25) is 5.91 Å². The summed E-state index contributed by atoms with van der Waals surface area (Å²) in [7, 11) is 0. The lowest BCUT2D eigenvalue weighted by molar-refractivity contribution is -0.115. The zero-order valence-corrected chi connectivity index (χ0v) is 16.0. The molecule has 5 heteroatoms. The zero-order chi connectivity index (χ0) is 17.9. The summed E-state index contributed by atoms with van der Waals surface area (Å²) in [5.41, 5.74) is 3.70. The predicted molar refractivity (Wildman–Crippen MR) is 107 cm³/mol. The molecule has 1 N–H and O–H groups in total. The van der Waals surface area contributed by atoms with Crippen molar-refractivity contribution in [3.63, 3.8) is 0 Å². The first kappa shape index (κ1) is 17.0. The van der Waals surface area contributed by atoms with Crippen LogP contribution in [0.1, 0.15) is 24.2 Å². The molecule has 1 aliphatic rings. The van der Waals surface area contributed by atoms with Crippen molar-refractivity contribution in [2.45, 2.75) is 32.2 Å². The van der Waals surface area contributed by atoms with E-state index in [4.69, 9.17) is 4.98 Å². The molecule has 0 radical (unpaired) electrons. The Kier molecular flexibility index (Phi) is 4.89. The van der Waals surface area contributed by atoms with Gasteiger partial charge in [0.05, 0.1) is 17.8 Å². The van der Waals surface area contributed by atoms with Crippen molar-refractivity contribution >= 4 is 27.5 Å². The number of anilines is 1. The second-order valence-electron chi connectivity index (χ2n) is 6.59. The van der Waals surface area contributed by atoms with Crippen LogP contribution in [0.4, 0.5) is 5.69 Å². The molecule has 0 saturated heterocycles. The molecule has 0 fully saturated rings. The predicted octanol–water partition coefficient (Wildman–Crippen LogP) is 4.83. The molecule has 0 atom stereocenters. The summed E-state index contributed by atoms with van der Waals surface area (Å²) in [6.07, 6.45) is 5.88. The van der Waals surface area contributed by atoms with E-state index in [1.165, 1.54) is 12.8 Å². The lowest BCUT2D eigenvalue weighted by Crippen LogP contribution is -2.15. The number of aromatic nitrogens is 2. The van der Waals surface area contributed by atoms with Crippen molar-refractivity contribution < 1.29 is 4.79 Å². The molecule has 0 spiro atoms. The van der Waals surface area contributed by atoms with E-state index in [-0.39, 0.29) is 5.91 Å². The van der Waals surface area contributed by atoms with Crippen LogP contribution in [0.3, 0.4) is 0 Å². The fourth-order valence-electron chi connectivity index (χ4n) is 3.34. The van der Waals surface area contributed by atoms with Crippen molar-refractivity contribution in [3.05, 3.63) is 70.6 Å². The third kappa shape index (κ3) is 3.73. The Bertz CT molecular complexity index is 907. The topological polar surface area (TPSA) is 46.9 Å². The van der Waals surface area contributed by atoms with E-state index in [0.29, 0.717) is 6.42 Å². The Balaban J connectivity index is 1.55. The Morgan fingerprint density at radius 1 is 1.12 bits per heavy atom. The highest BCUT2D eigenvalue weighted by atomic mass is 79.9. The van der Waals surface area contributed by atoms with Crippen LogP contribution in [0.15, 0.2) is 59.2 Å². The number of amides is 1. The monoisotopic (exact) mass is 409 g/mol. The molecular formula is C21H20BrN3O. The van der Waals surface area contributed by atoms with Gasteiger partial charge in [-0.15, -0.1) is 0 Å². The second kappa shape index (κ2) is 7.46. The lowest BCUT2D eigenvalue weighted by Gasteiger charge is -2.11. The quantitative estimate of drug-likeness (QED) is 0.670. The highest BCUT2D eigenvalue weighted by Crippen LogP contribution is 2.29. The van der Waals surface area contributed by atoms with E-state index in [1.54, 1.807) is 0 Å². The summed E-state index contributed by atoms with van der Waals surface area (Å²) in [6, 6.07) is 15.7. The number of rotatable bonds is 4. The Morgan fingerprint density at radius 2 is 1.92 bits per heavy atom. The number of carbonyl (C=O) groups excluding carboxylic acids is 1. The van der Waals surface area contributed by atoms with Crippen LogP contribution < -0.4 is 5.32 Å². The van der Waals surface area contributed by atoms with Crippen molar-refractivity contribution in [3.8, 4) is 11.3 Å². The molecule has 2 aromatic carbocycles. The lowest BCUT2D eigenvalue weighted by atomic mass is 10.1. The number of halogens is 1. The molecular weight excluding hydrogens is 390 g/mol. The van der Waals surface area contributed by atoms with Crippen molar-refractivity contribution in [1.29, 1.82) is 0 Å². The van der Waals surface area contributed by atoms with Crippen molar-refractivity contribution in [1.82, 2.24) is 9.55 Å². The largest absolute Gasteiger partial charge is 0.334 e. The van der Waals surface area contributed by atoms with Crippen molar-refractivity contribution in [2.24, 2.45) is 0 Å². The highest BCUT2D eigenvalue weighted by Gasteiger charge is 2.16. The van der Waals surface area contributed by atoms with E-state index < -0.39 is 0 Å². The highest BCUT2D eigenvalue weighted by molar-refractivity contribution is 9.10. The molecule has 0 unspecified atom stereocenters. The van der Waals surface area contributed by atoms with Gasteiger partial charge in [0.15, 0.2) is 0 Å². The number of nitrogens with one attached hydrogen (secondary N) is 1. The molecule has 3 aromatic rings. The molecule has 26 heavy (non-hydrogen) atoms. The van der Waals surface area contributed by atoms with E-state index in [0.717, 1.165) is 45.8 Å². The van der Waals surface area contributed by atoms with Crippen LogP contribution in [0.2, 0.25) is 0 Å². The number of benzene rings is 2. The summed E-state index contributed by atoms with van der Waals surface area (Å²) in [4.78, 5) is 17.3. The molecule has 1 aromatic heterocycles. The average molecular weight is 410 g/mol. The number of hydrogen-bond donors (Lipinski definition) is 1. The Morgan fingerprint density at radius 3 is 2.73 bits per heavy atom. The standard InChI is InChI=1S/C21H20BrN3O/c22-16-10-8-15(9-11-16)13-21(26)24-18-6-2-1-5-17(18)19-14-25-12-4-3-7-20(25)23-19/h1-2,5-6,8-11,14H,3-4,7,12-13H2,(H,24,26). The molecule has 0 aliphatic carbocycles. The minimum atomic E-state index is -0.0243.